The van der Waals surface area contributed by atoms with E-state index in [1.165, 1.54) is 0 Å². The molecule has 1 unspecified atom stereocenters. The van der Waals surface area contributed by atoms with Crippen LogP contribution >= 0.6 is 11.8 Å². The van der Waals surface area contributed by atoms with Gasteiger partial charge in [-0.25, -0.2) is 0 Å². The van der Waals surface area contributed by atoms with Crippen LogP contribution in [-0.4, -0.2) is 41.9 Å². The number of amides is 1. The van der Waals surface area contributed by atoms with E-state index in [-0.39, 0.29) is 11.8 Å². The maximum atomic E-state index is 12.3. The molecule has 1 atom stereocenters. The number of nitrogens with one attached hydrogen (secondary N) is 1. The predicted octanol–water partition coefficient (Wildman–Crippen LogP) is 2.96. The molecule has 1 saturated heterocycles. The van der Waals surface area contributed by atoms with Crippen molar-refractivity contribution >= 4 is 23.4 Å². The molecule has 2 rings (SSSR count). The summed E-state index contributed by atoms with van der Waals surface area (Å²) in [5.41, 5.74) is 1.57. The number of anilines is 1. The Bertz CT molecular complexity index is 547. The predicted molar refractivity (Wildman–Crippen MR) is 91.9 cm³/mol. The van der Waals surface area contributed by atoms with Gasteiger partial charge in [-0.15, -0.1) is 0 Å². The average Bonchev–Trinajstić information content (AvgIpc) is 2.55. The molecule has 1 aromatic rings. The number of likely N-dealkylation sites (tertiary alicyclic amines) is 1. The zero-order valence-corrected chi connectivity index (χ0v) is 14.0. The van der Waals surface area contributed by atoms with E-state index in [1.807, 2.05) is 42.3 Å². The zero-order chi connectivity index (χ0) is 15.9. The largest absolute Gasteiger partial charge is 0.381 e. The molecule has 0 radical (unpaired) electrons. The van der Waals surface area contributed by atoms with Gasteiger partial charge in [0.2, 0.25) is 5.91 Å². The minimum atomic E-state index is 0.0961. The smallest absolute Gasteiger partial charge is 0.226 e. The SMILES string of the molecule is CSCC(C)C(=O)N1CCC(Nc2ccccc2C#N)CC1. The normalized spacial score (nSPS) is 16.9. The minimum Gasteiger partial charge on any atom is -0.381 e. The Morgan fingerprint density at radius 1 is 1.45 bits per heavy atom. The molecule has 1 aliphatic rings. The highest BCUT2D eigenvalue weighted by atomic mass is 32.2. The van der Waals surface area contributed by atoms with Crippen molar-refractivity contribution in [3.63, 3.8) is 0 Å². The lowest BCUT2D eigenvalue weighted by molar-refractivity contribution is -0.135. The number of piperidine rings is 1. The summed E-state index contributed by atoms with van der Waals surface area (Å²) in [7, 11) is 0. The fourth-order valence-electron chi connectivity index (χ4n) is 2.80. The van der Waals surface area contributed by atoms with Crippen molar-refractivity contribution in [2.75, 3.05) is 30.4 Å². The Kier molecular flexibility index (Phi) is 6.14. The highest BCUT2D eigenvalue weighted by molar-refractivity contribution is 7.98. The van der Waals surface area contributed by atoms with Crippen LogP contribution in [0.3, 0.4) is 0 Å². The van der Waals surface area contributed by atoms with Gasteiger partial charge in [0.25, 0.3) is 0 Å². The zero-order valence-electron chi connectivity index (χ0n) is 13.2. The van der Waals surface area contributed by atoms with Gasteiger partial charge in [-0.1, -0.05) is 19.1 Å². The lowest BCUT2D eigenvalue weighted by atomic mass is 10.0. The Morgan fingerprint density at radius 2 is 2.14 bits per heavy atom. The minimum absolute atomic E-state index is 0.0961. The Morgan fingerprint density at radius 3 is 2.77 bits per heavy atom. The molecule has 0 aliphatic carbocycles. The molecule has 5 heteroatoms. The third-order valence-electron chi connectivity index (χ3n) is 4.05. The summed E-state index contributed by atoms with van der Waals surface area (Å²) in [5.74, 6) is 1.25. The van der Waals surface area contributed by atoms with Gasteiger partial charge in [-0.3, -0.25) is 4.79 Å². The lowest BCUT2D eigenvalue weighted by Gasteiger charge is -2.34. The van der Waals surface area contributed by atoms with E-state index in [1.54, 1.807) is 11.8 Å². The van der Waals surface area contributed by atoms with E-state index < -0.39 is 0 Å². The van der Waals surface area contributed by atoms with Crippen molar-refractivity contribution in [1.29, 1.82) is 5.26 Å². The average molecular weight is 317 g/mol. The van der Waals surface area contributed by atoms with Crippen molar-refractivity contribution in [2.45, 2.75) is 25.8 Å². The first-order valence-electron chi connectivity index (χ1n) is 7.69. The van der Waals surface area contributed by atoms with Crippen LogP contribution in [-0.2, 0) is 4.79 Å². The van der Waals surface area contributed by atoms with Crippen molar-refractivity contribution in [1.82, 2.24) is 4.90 Å². The van der Waals surface area contributed by atoms with Crippen molar-refractivity contribution in [3.05, 3.63) is 29.8 Å². The fourth-order valence-corrected chi connectivity index (χ4v) is 3.45. The van der Waals surface area contributed by atoms with Gasteiger partial charge in [0, 0.05) is 30.8 Å². The lowest BCUT2D eigenvalue weighted by Crippen LogP contribution is -2.44. The van der Waals surface area contributed by atoms with Crippen LogP contribution in [0.1, 0.15) is 25.3 Å². The summed E-state index contributed by atoms with van der Waals surface area (Å²) in [6.07, 6.45) is 3.89. The van der Waals surface area contributed by atoms with E-state index in [0.717, 1.165) is 37.4 Å². The highest BCUT2D eigenvalue weighted by Crippen LogP contribution is 2.21. The molecule has 118 valence electrons. The van der Waals surface area contributed by atoms with Crippen molar-refractivity contribution in [3.8, 4) is 6.07 Å². The second-order valence-electron chi connectivity index (χ2n) is 5.76. The van der Waals surface area contributed by atoms with E-state index in [2.05, 4.69) is 11.4 Å². The maximum absolute atomic E-state index is 12.3. The van der Waals surface area contributed by atoms with Gasteiger partial charge in [-0.05, 0) is 31.2 Å². The number of para-hydroxylation sites is 1. The Balaban J connectivity index is 1.87. The van der Waals surface area contributed by atoms with E-state index in [9.17, 15) is 4.79 Å². The first kappa shape index (κ1) is 16.7. The molecule has 1 amide bonds. The molecular formula is C17H23N3OS. The van der Waals surface area contributed by atoms with Crippen LogP contribution in [0.5, 0.6) is 0 Å². The number of benzene rings is 1. The third kappa shape index (κ3) is 4.17. The molecule has 1 aliphatic heterocycles. The quantitative estimate of drug-likeness (QED) is 0.907. The molecule has 0 aromatic heterocycles. The van der Waals surface area contributed by atoms with Crippen LogP contribution < -0.4 is 5.32 Å². The maximum Gasteiger partial charge on any atom is 0.226 e. The second-order valence-corrected chi connectivity index (χ2v) is 6.67. The third-order valence-corrected chi connectivity index (χ3v) is 4.89. The molecular weight excluding hydrogens is 294 g/mol. The van der Waals surface area contributed by atoms with Crippen molar-refractivity contribution < 1.29 is 4.79 Å². The highest BCUT2D eigenvalue weighted by Gasteiger charge is 2.25. The number of rotatable bonds is 5. The number of carbonyl (C=O) groups excluding carboxylic acids is 1. The topological polar surface area (TPSA) is 56.1 Å². The summed E-state index contributed by atoms with van der Waals surface area (Å²) in [5, 5.41) is 12.6. The van der Waals surface area contributed by atoms with E-state index in [0.29, 0.717) is 11.6 Å². The molecule has 1 fully saturated rings. The van der Waals surface area contributed by atoms with Crippen LogP contribution in [0, 0.1) is 17.2 Å². The molecule has 1 N–H and O–H groups in total. The summed E-state index contributed by atoms with van der Waals surface area (Å²) in [4.78, 5) is 14.3. The molecule has 1 heterocycles. The second kappa shape index (κ2) is 8.09. The number of hydrogen-bond acceptors (Lipinski definition) is 4. The number of nitrogens with zero attached hydrogens (tertiary/aromatic N) is 2. The Hall–Kier alpha value is -1.67. The van der Waals surface area contributed by atoms with Crippen molar-refractivity contribution in [2.24, 2.45) is 5.92 Å². The molecule has 0 spiro atoms. The number of carbonyl (C=O) groups is 1. The summed E-state index contributed by atoms with van der Waals surface area (Å²) in [6, 6.07) is 10.1. The van der Waals surface area contributed by atoms with Gasteiger partial charge in [0.05, 0.1) is 11.3 Å². The van der Waals surface area contributed by atoms with Crippen LogP contribution in [0.15, 0.2) is 24.3 Å². The van der Waals surface area contributed by atoms with E-state index in [4.69, 9.17) is 5.26 Å². The summed E-state index contributed by atoms with van der Waals surface area (Å²) >= 11 is 1.72. The standard InChI is InChI=1S/C17H23N3OS/c1-13(12-22-2)17(21)20-9-7-15(8-10-20)19-16-6-4-3-5-14(16)11-18/h3-6,13,15,19H,7-10,12H2,1-2H3. The number of nitriles is 1. The van der Waals surface area contributed by atoms with Gasteiger partial charge in [0.1, 0.15) is 6.07 Å². The summed E-state index contributed by atoms with van der Waals surface area (Å²) < 4.78 is 0. The molecule has 0 saturated carbocycles. The van der Waals surface area contributed by atoms with Gasteiger partial charge in [-0.2, -0.15) is 17.0 Å². The van der Waals surface area contributed by atoms with Crippen LogP contribution in [0.2, 0.25) is 0 Å². The first-order valence-corrected chi connectivity index (χ1v) is 9.08. The number of thioether (sulfide) groups is 1. The fraction of sp³-hybridized carbons (Fsp3) is 0.529. The summed E-state index contributed by atoms with van der Waals surface area (Å²) in [6.45, 7) is 3.60. The molecule has 1 aromatic carbocycles. The Labute approximate surface area is 136 Å². The molecule has 0 bridgehead atoms. The van der Waals surface area contributed by atoms with Crippen LogP contribution in [0.4, 0.5) is 5.69 Å². The van der Waals surface area contributed by atoms with Gasteiger partial charge >= 0.3 is 0 Å². The van der Waals surface area contributed by atoms with Gasteiger partial charge in [0.15, 0.2) is 0 Å². The molecule has 22 heavy (non-hydrogen) atoms. The molecule has 4 nitrogen and oxygen atoms in total. The van der Waals surface area contributed by atoms with Gasteiger partial charge < -0.3 is 10.2 Å². The first-order chi connectivity index (χ1) is 10.7. The monoisotopic (exact) mass is 317 g/mol. The van der Waals surface area contributed by atoms with E-state index >= 15 is 0 Å². The van der Waals surface area contributed by atoms with Crippen LogP contribution in [0.25, 0.3) is 0 Å². The number of hydrogen-bond donors (Lipinski definition) is 1.